The quantitative estimate of drug-likeness (QED) is 0.450. The molecule has 0 saturated carbocycles. The third-order valence-electron chi connectivity index (χ3n) is 3.90. The topological polar surface area (TPSA) is 110 Å². The minimum Gasteiger partial charge on any atom is -0.458 e. The summed E-state index contributed by atoms with van der Waals surface area (Å²) in [6.07, 6.45) is -0.225. The zero-order valence-corrected chi connectivity index (χ0v) is 12.8. The van der Waals surface area contributed by atoms with Crippen LogP contribution < -0.4 is 5.32 Å². The summed E-state index contributed by atoms with van der Waals surface area (Å²) in [5.74, 6) is -2.61. The molecule has 0 unspecified atom stereocenters. The van der Waals surface area contributed by atoms with Gasteiger partial charge >= 0.3 is 5.97 Å². The van der Waals surface area contributed by atoms with Crippen molar-refractivity contribution in [3.05, 3.63) is 35.4 Å². The number of ether oxygens (including phenoxy) is 1. The maximum atomic E-state index is 12.4. The summed E-state index contributed by atoms with van der Waals surface area (Å²) >= 11 is 0. The number of hydrogen-bond donors (Lipinski definition) is 1. The molecule has 0 bridgehead atoms. The van der Waals surface area contributed by atoms with Crippen LogP contribution in [0.3, 0.4) is 0 Å². The van der Waals surface area contributed by atoms with Crippen molar-refractivity contribution in [2.24, 2.45) is 0 Å². The number of hydrogen-bond acceptors (Lipinski definition) is 6. The van der Waals surface area contributed by atoms with E-state index in [1.807, 2.05) is 0 Å². The van der Waals surface area contributed by atoms with E-state index in [1.165, 1.54) is 19.1 Å². The first-order valence-corrected chi connectivity index (χ1v) is 7.32. The Morgan fingerprint density at radius 3 is 2.21 bits per heavy atom. The number of ketones is 1. The molecule has 2 aliphatic rings. The highest BCUT2D eigenvalue weighted by molar-refractivity contribution is 6.23. The molecule has 1 N–H and O–H groups in total. The third-order valence-corrected chi connectivity index (χ3v) is 3.90. The first kappa shape index (κ1) is 15.9. The maximum absolute atomic E-state index is 12.4. The zero-order chi connectivity index (χ0) is 17.4. The molecule has 3 rings (SSSR count). The van der Waals surface area contributed by atoms with Crippen LogP contribution in [0.4, 0.5) is 0 Å². The van der Waals surface area contributed by atoms with Crippen LogP contribution in [0.15, 0.2) is 24.3 Å². The Balaban J connectivity index is 1.73. The van der Waals surface area contributed by atoms with E-state index in [4.69, 9.17) is 4.74 Å². The Hall–Kier alpha value is -3.03. The van der Waals surface area contributed by atoms with E-state index >= 15 is 0 Å². The van der Waals surface area contributed by atoms with Crippen molar-refractivity contribution in [3.63, 3.8) is 0 Å². The van der Waals surface area contributed by atoms with E-state index in [0.717, 1.165) is 4.90 Å². The highest BCUT2D eigenvalue weighted by atomic mass is 16.5. The Morgan fingerprint density at radius 1 is 1.12 bits per heavy atom. The minimum absolute atomic E-state index is 0.225. The second-order valence-electron chi connectivity index (χ2n) is 5.65. The van der Waals surface area contributed by atoms with E-state index in [2.05, 4.69) is 5.32 Å². The average molecular weight is 330 g/mol. The second kappa shape index (κ2) is 5.88. The van der Waals surface area contributed by atoms with E-state index < -0.39 is 35.8 Å². The first-order chi connectivity index (χ1) is 11.4. The van der Waals surface area contributed by atoms with E-state index in [-0.39, 0.29) is 29.9 Å². The number of fused-ring (bicyclic) bond motifs is 1. The van der Waals surface area contributed by atoms with Crippen LogP contribution in [-0.2, 0) is 19.1 Å². The number of nitrogens with zero attached hydrogens (tertiary/aromatic N) is 1. The maximum Gasteiger partial charge on any atom is 0.308 e. The molecule has 3 amide bonds. The van der Waals surface area contributed by atoms with Gasteiger partial charge in [-0.05, 0) is 19.1 Å². The average Bonchev–Trinajstić information content (AvgIpc) is 2.78. The van der Waals surface area contributed by atoms with Crippen LogP contribution in [0.5, 0.6) is 0 Å². The molecular formula is C16H14N2O6. The number of β-lactam (4-membered cyclic amide) rings is 1. The fourth-order valence-corrected chi connectivity index (χ4v) is 2.77. The molecule has 0 radical (unpaired) electrons. The number of amides is 3. The number of esters is 1. The van der Waals surface area contributed by atoms with E-state index in [0.29, 0.717) is 0 Å². The van der Waals surface area contributed by atoms with Gasteiger partial charge in [0, 0.05) is 0 Å². The molecule has 1 aromatic rings. The third kappa shape index (κ3) is 2.55. The number of carbonyl (C=O) groups is 5. The van der Waals surface area contributed by atoms with Crippen molar-refractivity contribution in [2.45, 2.75) is 25.4 Å². The number of benzene rings is 1. The molecule has 0 aliphatic carbocycles. The molecule has 8 nitrogen and oxygen atoms in total. The number of rotatable bonds is 5. The van der Waals surface area contributed by atoms with Crippen molar-refractivity contribution >= 4 is 29.5 Å². The molecule has 1 saturated heterocycles. The van der Waals surface area contributed by atoms with Crippen molar-refractivity contribution in [1.29, 1.82) is 0 Å². The Morgan fingerprint density at radius 2 is 1.71 bits per heavy atom. The van der Waals surface area contributed by atoms with Gasteiger partial charge in [-0.3, -0.25) is 28.9 Å². The summed E-state index contributed by atoms with van der Waals surface area (Å²) in [4.78, 5) is 60.0. The van der Waals surface area contributed by atoms with Gasteiger partial charge in [-0.15, -0.1) is 0 Å². The largest absolute Gasteiger partial charge is 0.458 e. The number of carbonyl (C=O) groups excluding carboxylic acids is 5. The predicted octanol–water partition coefficient (Wildman–Crippen LogP) is -0.328. The van der Waals surface area contributed by atoms with Gasteiger partial charge in [0.15, 0.2) is 5.78 Å². The lowest BCUT2D eigenvalue weighted by atomic mass is 9.94. The Labute approximate surface area is 136 Å². The summed E-state index contributed by atoms with van der Waals surface area (Å²) in [6, 6.07) is 4.52. The predicted molar refractivity (Wildman–Crippen MR) is 78.9 cm³/mol. The SMILES string of the molecule is CC(=O)COC(=O)C[C@@H]1NC(=O)[C@H]1N1C(=O)c2ccccc2C1=O. The van der Waals surface area contributed by atoms with Gasteiger partial charge in [-0.2, -0.15) is 0 Å². The summed E-state index contributed by atoms with van der Waals surface area (Å²) in [5, 5.41) is 2.49. The van der Waals surface area contributed by atoms with E-state index in [9.17, 15) is 24.0 Å². The number of imide groups is 1. The number of Topliss-reactive ketones (excluding diaryl/α,β-unsaturated/α-hetero) is 1. The van der Waals surface area contributed by atoms with Gasteiger partial charge in [-0.25, -0.2) is 0 Å². The van der Waals surface area contributed by atoms with Crippen molar-refractivity contribution < 1.29 is 28.7 Å². The van der Waals surface area contributed by atoms with Gasteiger partial charge in [0.2, 0.25) is 5.91 Å². The zero-order valence-electron chi connectivity index (χ0n) is 12.8. The van der Waals surface area contributed by atoms with Crippen LogP contribution in [0.1, 0.15) is 34.1 Å². The second-order valence-corrected chi connectivity index (χ2v) is 5.65. The van der Waals surface area contributed by atoms with Crippen molar-refractivity contribution in [2.75, 3.05) is 6.61 Å². The monoisotopic (exact) mass is 330 g/mol. The van der Waals surface area contributed by atoms with Crippen LogP contribution in [0.2, 0.25) is 0 Å². The van der Waals surface area contributed by atoms with Crippen molar-refractivity contribution in [1.82, 2.24) is 10.2 Å². The minimum atomic E-state index is -1.05. The number of nitrogens with one attached hydrogen (secondary N) is 1. The fraction of sp³-hybridized carbons (Fsp3) is 0.312. The molecular weight excluding hydrogens is 316 g/mol. The van der Waals surface area contributed by atoms with Crippen LogP contribution in [0, 0.1) is 0 Å². The lowest BCUT2D eigenvalue weighted by Gasteiger charge is -2.40. The molecule has 0 spiro atoms. The molecule has 2 atom stereocenters. The smallest absolute Gasteiger partial charge is 0.308 e. The molecule has 124 valence electrons. The van der Waals surface area contributed by atoms with E-state index in [1.54, 1.807) is 12.1 Å². The lowest BCUT2D eigenvalue weighted by Crippen LogP contribution is -2.70. The highest BCUT2D eigenvalue weighted by Gasteiger charge is 2.52. The van der Waals surface area contributed by atoms with Gasteiger partial charge < -0.3 is 10.1 Å². The summed E-state index contributed by atoms with van der Waals surface area (Å²) in [6.45, 7) is 0.928. The standard InChI is InChI=1S/C16H14N2O6/c1-8(19)7-24-12(20)6-11-13(14(21)17-11)18-15(22)9-4-2-3-5-10(9)16(18)23/h2-5,11,13H,6-7H2,1H3,(H,17,21)/t11-,13-/m0/s1. The van der Waals surface area contributed by atoms with Crippen molar-refractivity contribution in [3.8, 4) is 0 Å². The molecule has 1 fully saturated rings. The molecule has 1 aromatic carbocycles. The summed E-state index contributed by atoms with van der Waals surface area (Å²) in [5.41, 5.74) is 0.472. The van der Waals surface area contributed by atoms with Crippen LogP contribution in [0.25, 0.3) is 0 Å². The normalized spacial score (nSPS) is 21.9. The summed E-state index contributed by atoms with van der Waals surface area (Å²) in [7, 11) is 0. The molecule has 2 aliphatic heterocycles. The van der Waals surface area contributed by atoms with Gasteiger partial charge in [0.25, 0.3) is 11.8 Å². The fourth-order valence-electron chi connectivity index (χ4n) is 2.77. The molecule has 0 aromatic heterocycles. The van der Waals surface area contributed by atoms with Crippen LogP contribution in [-0.4, -0.2) is 53.1 Å². The molecule has 24 heavy (non-hydrogen) atoms. The Bertz CT molecular complexity index is 737. The van der Waals surface area contributed by atoms with Gasteiger partial charge in [-0.1, -0.05) is 12.1 Å². The molecule has 8 heteroatoms. The Kier molecular flexibility index (Phi) is 3.88. The van der Waals surface area contributed by atoms with Gasteiger partial charge in [0.1, 0.15) is 12.6 Å². The first-order valence-electron chi connectivity index (χ1n) is 7.32. The summed E-state index contributed by atoms with van der Waals surface area (Å²) < 4.78 is 4.74. The molecule has 2 heterocycles. The highest BCUT2D eigenvalue weighted by Crippen LogP contribution is 2.29. The lowest BCUT2D eigenvalue weighted by molar-refractivity contribution is -0.150. The van der Waals surface area contributed by atoms with Crippen LogP contribution >= 0.6 is 0 Å². The van der Waals surface area contributed by atoms with Gasteiger partial charge in [0.05, 0.1) is 23.6 Å².